The Kier molecular flexibility index (Phi) is 8.72. The van der Waals surface area contributed by atoms with Gasteiger partial charge in [0.2, 0.25) is 11.3 Å². The van der Waals surface area contributed by atoms with Gasteiger partial charge in [0.25, 0.3) is 11.1 Å². The van der Waals surface area contributed by atoms with Gasteiger partial charge >= 0.3 is 0 Å². The maximum atomic E-state index is 13.6. The average molecular weight is 594 g/mol. The molecule has 1 saturated heterocycles. The Bertz CT molecular complexity index is 1590. The van der Waals surface area contributed by atoms with Crippen LogP contribution in [0.3, 0.4) is 0 Å². The van der Waals surface area contributed by atoms with Crippen LogP contribution >= 0.6 is 11.8 Å². The first kappa shape index (κ1) is 28.5. The molecule has 43 heavy (non-hydrogen) atoms. The number of fused-ring (bicyclic) bond motifs is 1. The number of carbonyl (C=O) groups is 3. The minimum absolute atomic E-state index is 0.0785. The van der Waals surface area contributed by atoms with E-state index in [0.717, 1.165) is 22.5 Å². The SMILES string of the molecule is O=C1SC(=O)N(Cc2ccccc2)C1OCCCN1CN(c2ccccc2)c2cc(OCc3ccccc3)ccc2C1=O. The van der Waals surface area contributed by atoms with E-state index in [1.165, 1.54) is 4.90 Å². The summed E-state index contributed by atoms with van der Waals surface area (Å²) in [5.41, 5.74) is 4.33. The van der Waals surface area contributed by atoms with E-state index in [2.05, 4.69) is 4.90 Å². The Morgan fingerprint density at radius 2 is 1.47 bits per heavy atom. The highest BCUT2D eigenvalue weighted by molar-refractivity contribution is 8.26. The smallest absolute Gasteiger partial charge is 0.292 e. The number of hydrogen-bond acceptors (Lipinski definition) is 7. The van der Waals surface area contributed by atoms with Crippen molar-refractivity contribution in [3.63, 3.8) is 0 Å². The average Bonchev–Trinajstić information content (AvgIpc) is 3.31. The molecule has 4 aromatic carbocycles. The largest absolute Gasteiger partial charge is 0.489 e. The minimum atomic E-state index is -0.939. The number of thioether (sulfide) groups is 1. The molecule has 6 rings (SSSR count). The fourth-order valence-electron chi connectivity index (χ4n) is 5.18. The van der Waals surface area contributed by atoms with Crippen molar-refractivity contribution in [2.75, 3.05) is 24.7 Å². The van der Waals surface area contributed by atoms with Crippen LogP contribution < -0.4 is 9.64 Å². The summed E-state index contributed by atoms with van der Waals surface area (Å²) in [7, 11) is 0. The number of carbonyl (C=O) groups excluding carboxylic acids is 3. The van der Waals surface area contributed by atoms with E-state index in [4.69, 9.17) is 9.47 Å². The van der Waals surface area contributed by atoms with Crippen molar-refractivity contribution in [3.05, 3.63) is 126 Å². The predicted molar refractivity (Wildman–Crippen MR) is 166 cm³/mol. The number of amides is 2. The summed E-state index contributed by atoms with van der Waals surface area (Å²) in [5.74, 6) is 0.608. The Labute approximate surface area is 254 Å². The van der Waals surface area contributed by atoms with Crippen molar-refractivity contribution in [1.82, 2.24) is 9.80 Å². The fraction of sp³-hybridized carbons (Fsp3) is 0.206. The number of anilines is 2. The fourth-order valence-corrected chi connectivity index (χ4v) is 5.93. The van der Waals surface area contributed by atoms with Crippen molar-refractivity contribution in [2.45, 2.75) is 25.8 Å². The Hall–Kier alpha value is -4.60. The molecule has 0 radical (unpaired) electrons. The number of hydrogen-bond donors (Lipinski definition) is 0. The summed E-state index contributed by atoms with van der Waals surface area (Å²) in [6.07, 6.45) is -0.435. The molecule has 1 atom stereocenters. The molecular formula is C34H31N3O5S. The summed E-state index contributed by atoms with van der Waals surface area (Å²) in [6.45, 7) is 1.74. The molecule has 8 nitrogen and oxygen atoms in total. The number of ether oxygens (including phenoxy) is 2. The molecule has 9 heteroatoms. The lowest BCUT2D eigenvalue weighted by molar-refractivity contribution is -0.129. The molecule has 0 aromatic heterocycles. The number of rotatable bonds is 11. The quantitative estimate of drug-likeness (QED) is 0.185. The highest BCUT2D eigenvalue weighted by Crippen LogP contribution is 2.36. The van der Waals surface area contributed by atoms with Crippen LogP contribution in [0.15, 0.2) is 109 Å². The monoisotopic (exact) mass is 593 g/mol. The van der Waals surface area contributed by atoms with Crippen LogP contribution in [0.4, 0.5) is 16.2 Å². The third-order valence-corrected chi connectivity index (χ3v) is 8.17. The summed E-state index contributed by atoms with van der Waals surface area (Å²) >= 11 is 0.677. The summed E-state index contributed by atoms with van der Waals surface area (Å²) < 4.78 is 12.0. The first-order valence-electron chi connectivity index (χ1n) is 14.2. The molecule has 218 valence electrons. The molecule has 1 unspecified atom stereocenters. The molecule has 0 saturated carbocycles. The molecule has 4 aromatic rings. The van der Waals surface area contributed by atoms with Gasteiger partial charge in [-0.25, -0.2) is 0 Å². The lowest BCUT2D eigenvalue weighted by Crippen LogP contribution is -2.45. The first-order chi connectivity index (χ1) is 21.1. The zero-order valence-corrected chi connectivity index (χ0v) is 24.3. The zero-order valence-electron chi connectivity index (χ0n) is 23.5. The Balaban J connectivity index is 1.12. The first-order valence-corrected chi connectivity index (χ1v) is 15.0. The van der Waals surface area contributed by atoms with Gasteiger partial charge < -0.3 is 19.3 Å². The van der Waals surface area contributed by atoms with Crippen molar-refractivity contribution in [1.29, 1.82) is 0 Å². The molecule has 0 N–H and O–H groups in total. The van der Waals surface area contributed by atoms with Crippen LogP contribution in [0.2, 0.25) is 0 Å². The highest BCUT2D eigenvalue weighted by Gasteiger charge is 2.40. The maximum Gasteiger partial charge on any atom is 0.292 e. The number of benzene rings is 4. The van der Waals surface area contributed by atoms with Gasteiger partial charge in [0, 0.05) is 36.6 Å². The third kappa shape index (κ3) is 6.58. The normalized spacial score (nSPS) is 16.5. The van der Waals surface area contributed by atoms with Crippen LogP contribution in [-0.2, 0) is 22.7 Å². The second kappa shape index (κ2) is 13.1. The van der Waals surface area contributed by atoms with Gasteiger partial charge in [0.05, 0.1) is 24.5 Å². The van der Waals surface area contributed by atoms with E-state index in [9.17, 15) is 14.4 Å². The minimum Gasteiger partial charge on any atom is -0.489 e. The van der Waals surface area contributed by atoms with Crippen molar-refractivity contribution >= 4 is 39.4 Å². The Morgan fingerprint density at radius 1 is 0.791 bits per heavy atom. The number of para-hydroxylation sites is 1. The molecular weight excluding hydrogens is 562 g/mol. The molecule has 0 bridgehead atoms. The van der Waals surface area contributed by atoms with E-state index in [1.807, 2.05) is 109 Å². The van der Waals surface area contributed by atoms with Crippen molar-refractivity contribution in [2.24, 2.45) is 0 Å². The molecule has 1 fully saturated rings. The van der Waals surface area contributed by atoms with Gasteiger partial charge in [-0.3, -0.25) is 19.3 Å². The summed E-state index contributed by atoms with van der Waals surface area (Å²) in [6, 6.07) is 35.0. The standard InChI is InChI=1S/C34H31N3O5S/c38-31-29-18-17-28(42-23-26-13-6-2-7-14-26)21-30(29)37(27-15-8-3-9-16-27)24-35(31)19-10-20-41-32-33(39)43-34(40)36(32)22-25-11-4-1-5-12-25/h1-9,11-18,21,32H,10,19-20,22-24H2. The molecule has 2 aliphatic heterocycles. The van der Waals surface area contributed by atoms with E-state index < -0.39 is 6.23 Å². The van der Waals surface area contributed by atoms with E-state index >= 15 is 0 Å². The van der Waals surface area contributed by atoms with Crippen LogP contribution in [0, 0.1) is 0 Å². The topological polar surface area (TPSA) is 79.4 Å². The van der Waals surface area contributed by atoms with Gasteiger partial charge in [0.15, 0.2) is 0 Å². The maximum absolute atomic E-state index is 13.6. The van der Waals surface area contributed by atoms with E-state index in [0.29, 0.717) is 55.9 Å². The van der Waals surface area contributed by atoms with Crippen LogP contribution in [0.25, 0.3) is 0 Å². The highest BCUT2D eigenvalue weighted by atomic mass is 32.2. The van der Waals surface area contributed by atoms with Crippen LogP contribution in [0.1, 0.15) is 27.9 Å². The lowest BCUT2D eigenvalue weighted by atomic mass is 10.1. The molecule has 0 aliphatic carbocycles. The van der Waals surface area contributed by atoms with Gasteiger partial charge in [-0.15, -0.1) is 0 Å². The molecule has 2 aliphatic rings. The summed E-state index contributed by atoms with van der Waals surface area (Å²) in [5, 5.41) is -0.628. The second-order valence-electron chi connectivity index (χ2n) is 10.3. The van der Waals surface area contributed by atoms with Crippen LogP contribution in [0.5, 0.6) is 5.75 Å². The molecule has 0 spiro atoms. The Morgan fingerprint density at radius 3 is 2.19 bits per heavy atom. The number of nitrogens with zero attached hydrogens (tertiary/aromatic N) is 3. The van der Waals surface area contributed by atoms with Gasteiger partial charge in [-0.05, 0) is 41.8 Å². The predicted octanol–water partition coefficient (Wildman–Crippen LogP) is 6.45. The molecule has 2 amide bonds. The van der Waals surface area contributed by atoms with Crippen LogP contribution in [-0.4, -0.2) is 52.1 Å². The second-order valence-corrected chi connectivity index (χ2v) is 11.3. The van der Waals surface area contributed by atoms with E-state index in [1.54, 1.807) is 4.90 Å². The van der Waals surface area contributed by atoms with Gasteiger partial charge in [0.1, 0.15) is 12.4 Å². The van der Waals surface area contributed by atoms with E-state index in [-0.39, 0.29) is 22.9 Å². The van der Waals surface area contributed by atoms with Crippen molar-refractivity contribution < 1.29 is 23.9 Å². The summed E-state index contributed by atoms with van der Waals surface area (Å²) in [4.78, 5) is 43.9. The molecule has 2 heterocycles. The van der Waals surface area contributed by atoms with Gasteiger partial charge in [-0.1, -0.05) is 78.9 Å². The van der Waals surface area contributed by atoms with Gasteiger partial charge in [-0.2, -0.15) is 0 Å². The third-order valence-electron chi connectivity index (χ3n) is 7.36. The lowest BCUT2D eigenvalue weighted by Gasteiger charge is -2.38. The van der Waals surface area contributed by atoms with Crippen molar-refractivity contribution in [3.8, 4) is 5.75 Å². The zero-order chi connectivity index (χ0) is 29.6.